The van der Waals surface area contributed by atoms with E-state index in [0.717, 1.165) is 43.0 Å². The number of nitrogen functional groups attached to an aromatic ring is 1. The van der Waals surface area contributed by atoms with Crippen molar-refractivity contribution in [3.05, 3.63) is 196 Å². The fourth-order valence-electron chi connectivity index (χ4n) is 6.25. The first-order valence-corrected chi connectivity index (χ1v) is 24.9. The topological polar surface area (TPSA) is 157 Å². The van der Waals surface area contributed by atoms with Crippen LogP contribution in [-0.2, 0) is 49.8 Å². The second-order valence-electron chi connectivity index (χ2n) is 17.8. The largest absolute Gasteiger partial charge is 0.480 e. The maximum atomic E-state index is 13.2. The van der Waals surface area contributed by atoms with Gasteiger partial charge in [0.1, 0.15) is 17.2 Å². The number of carboxylic acid groups (broad SMARTS) is 1. The van der Waals surface area contributed by atoms with Gasteiger partial charge in [0.05, 0.1) is 16.1 Å². The van der Waals surface area contributed by atoms with E-state index in [1.165, 1.54) is 11.1 Å². The van der Waals surface area contributed by atoms with Gasteiger partial charge in [-0.3, -0.25) is 4.79 Å². The smallest absolute Gasteiger partial charge is 0.408 e. The minimum absolute atomic E-state index is 0.101. The van der Waals surface area contributed by atoms with Crippen LogP contribution in [0.2, 0.25) is 10.0 Å². The van der Waals surface area contributed by atoms with Crippen molar-refractivity contribution in [1.29, 1.82) is 0 Å². The summed E-state index contributed by atoms with van der Waals surface area (Å²) in [6.45, 7) is 10.5. The predicted octanol–water partition coefficient (Wildman–Crippen LogP) is 13.3. The molecule has 5 N–H and O–H groups in total. The van der Waals surface area contributed by atoms with Crippen LogP contribution in [0, 0.1) is 0 Å². The number of anilines is 1. The molecule has 0 aliphatic rings. The number of alkyl carbamates (subject to hydrolysis) is 2. The highest BCUT2D eigenvalue weighted by Crippen LogP contribution is 2.32. The van der Waals surface area contributed by atoms with Crippen LogP contribution in [0.15, 0.2) is 168 Å². The maximum Gasteiger partial charge on any atom is 0.408 e. The highest BCUT2D eigenvalue weighted by atomic mass is 35.5. The molecule has 69 heavy (non-hydrogen) atoms. The summed E-state index contributed by atoms with van der Waals surface area (Å²) in [6, 6.07) is 48.9. The van der Waals surface area contributed by atoms with Gasteiger partial charge in [0.15, 0.2) is 5.78 Å². The molecule has 2 amide bonds. The number of aliphatic carboxylic acids is 1. The number of hydrogen-bond acceptors (Lipinski definition) is 9. The van der Waals surface area contributed by atoms with E-state index in [1.807, 2.05) is 127 Å². The van der Waals surface area contributed by atoms with Gasteiger partial charge in [0.2, 0.25) is 0 Å². The summed E-state index contributed by atoms with van der Waals surface area (Å²) in [6.07, 6.45) is -0.563. The number of ketones is 1. The molecule has 14 heteroatoms. The van der Waals surface area contributed by atoms with Gasteiger partial charge < -0.3 is 30.9 Å². The number of amides is 2. The van der Waals surface area contributed by atoms with Crippen LogP contribution in [-0.4, -0.2) is 52.3 Å². The Labute approximate surface area is 425 Å². The predicted molar refractivity (Wildman–Crippen MR) is 282 cm³/mol. The normalized spacial score (nSPS) is 11.8. The number of carboxylic acids is 1. The number of Topliss-reactive ketones (excluding diaryl/α,β-unsaturated/α-hetero) is 1. The molecule has 6 rings (SSSR count). The number of thioether (sulfide) groups is 2. The summed E-state index contributed by atoms with van der Waals surface area (Å²) in [5, 5.41) is 15.6. The van der Waals surface area contributed by atoms with Crippen molar-refractivity contribution in [3.8, 4) is 0 Å². The monoisotopic (exact) mass is 1010 g/mol. The zero-order chi connectivity index (χ0) is 50.4. The van der Waals surface area contributed by atoms with E-state index >= 15 is 0 Å². The molecule has 364 valence electrons. The van der Waals surface area contributed by atoms with Crippen LogP contribution in [0.1, 0.15) is 69.4 Å². The van der Waals surface area contributed by atoms with Crippen LogP contribution in [0.4, 0.5) is 15.3 Å². The van der Waals surface area contributed by atoms with Crippen molar-refractivity contribution in [1.82, 2.24) is 10.6 Å². The molecule has 0 saturated heterocycles. The SMILES string of the molecule is CC(C)(C)OC(=O)N[C@@H](Cc1ccccc1)C(=O)Cc1ccc(SCc2ccccc2)c(Cl)c1.CC(C)(C)OC(=O)N[C@@H](Cc1ccccc1)C(=O)O.Nc1ccc(SCc2ccccc2)c(Cl)c1. The van der Waals surface area contributed by atoms with E-state index < -0.39 is 41.4 Å². The molecule has 6 aromatic rings. The van der Waals surface area contributed by atoms with E-state index in [4.69, 9.17) is 43.5 Å². The third-order valence-electron chi connectivity index (χ3n) is 9.44. The number of benzene rings is 6. The van der Waals surface area contributed by atoms with Crippen LogP contribution in [0.25, 0.3) is 0 Å². The van der Waals surface area contributed by atoms with Gasteiger partial charge in [-0.05, 0) is 106 Å². The highest BCUT2D eigenvalue weighted by Gasteiger charge is 2.26. The number of carbonyl (C=O) groups is 4. The van der Waals surface area contributed by atoms with E-state index in [9.17, 15) is 19.2 Å². The van der Waals surface area contributed by atoms with Gasteiger partial charge in [-0.15, -0.1) is 23.5 Å². The first-order chi connectivity index (χ1) is 32.7. The summed E-state index contributed by atoms with van der Waals surface area (Å²) < 4.78 is 10.4. The second-order valence-corrected chi connectivity index (χ2v) is 20.6. The molecule has 0 fully saturated rings. The first-order valence-electron chi connectivity index (χ1n) is 22.2. The minimum atomic E-state index is -1.09. The quantitative estimate of drug-likeness (QED) is 0.0543. The lowest BCUT2D eigenvalue weighted by Crippen LogP contribution is -2.45. The fourth-order valence-corrected chi connectivity index (χ4v) is 8.72. The summed E-state index contributed by atoms with van der Waals surface area (Å²) >= 11 is 16.0. The Morgan fingerprint density at radius 1 is 0.536 bits per heavy atom. The summed E-state index contributed by atoms with van der Waals surface area (Å²) in [4.78, 5) is 50.3. The van der Waals surface area contributed by atoms with E-state index in [-0.39, 0.29) is 18.6 Å². The number of halogens is 2. The van der Waals surface area contributed by atoms with Crippen molar-refractivity contribution in [2.24, 2.45) is 0 Å². The lowest BCUT2D eigenvalue weighted by atomic mass is 9.98. The maximum absolute atomic E-state index is 13.2. The van der Waals surface area contributed by atoms with E-state index in [0.29, 0.717) is 17.1 Å². The Bertz CT molecular complexity index is 2540. The first kappa shape index (κ1) is 55.7. The number of carbonyl (C=O) groups excluding carboxylic acids is 3. The van der Waals surface area contributed by atoms with Crippen molar-refractivity contribution in [2.75, 3.05) is 5.73 Å². The Balaban J connectivity index is 0.000000249. The third kappa shape index (κ3) is 22.4. The number of ether oxygens (including phenoxy) is 2. The van der Waals surface area contributed by atoms with Gasteiger partial charge in [-0.25, -0.2) is 14.4 Å². The summed E-state index contributed by atoms with van der Waals surface area (Å²) in [5.74, 6) is 0.549. The number of hydrogen-bond donors (Lipinski definition) is 4. The average molecular weight is 1010 g/mol. The number of nitrogens with one attached hydrogen (secondary N) is 2. The standard InChI is InChI=1S/C28H30ClNO3S.C14H19NO4.C13H12ClNS/c1-28(2,3)33-27(32)30-24(17-20-10-6-4-7-11-20)25(31)18-22-14-15-26(23(29)16-22)34-19-21-12-8-5-9-13-21;1-14(2,3)19-13(18)15-11(12(16)17)9-10-7-5-4-6-8-10;14-12-8-11(15)6-7-13(12)16-9-10-4-2-1-3-5-10/h4-16,24H,17-19H2,1-3H3,(H,30,32);4-8,11H,9H2,1-3H3,(H,15,18)(H,16,17);1-8H,9,15H2/t24-;11-;/m00./s1. The fraction of sp³-hybridized carbons (Fsp3) is 0.273. The van der Waals surface area contributed by atoms with E-state index in [1.54, 1.807) is 71.1 Å². The molecule has 0 heterocycles. The molecule has 0 spiro atoms. The summed E-state index contributed by atoms with van der Waals surface area (Å²) in [7, 11) is 0. The minimum Gasteiger partial charge on any atom is -0.480 e. The molecule has 0 aliphatic carbocycles. The number of rotatable bonds is 16. The third-order valence-corrected chi connectivity index (χ3v) is 12.6. The second kappa shape index (κ2) is 27.9. The molecule has 0 unspecified atom stereocenters. The Kier molecular flexibility index (Phi) is 22.5. The van der Waals surface area contributed by atoms with Crippen molar-refractivity contribution >= 4 is 76.4 Å². The number of nitrogens with two attached hydrogens (primary N) is 1. The average Bonchev–Trinajstić information content (AvgIpc) is 3.28. The van der Waals surface area contributed by atoms with Crippen LogP contribution >= 0.6 is 46.7 Å². The molecule has 6 aromatic carbocycles. The van der Waals surface area contributed by atoms with Gasteiger partial charge in [0, 0.05) is 39.8 Å². The van der Waals surface area contributed by atoms with Gasteiger partial charge >= 0.3 is 18.2 Å². The lowest BCUT2D eigenvalue weighted by molar-refractivity contribution is -0.139. The Hall–Kier alpha value is -5.92. The molecule has 0 aliphatic heterocycles. The van der Waals surface area contributed by atoms with Crippen molar-refractivity contribution in [2.45, 2.75) is 105 Å². The van der Waals surface area contributed by atoms with Crippen molar-refractivity contribution < 1.29 is 33.8 Å². The molecule has 0 bridgehead atoms. The van der Waals surface area contributed by atoms with Crippen LogP contribution in [0.5, 0.6) is 0 Å². The van der Waals surface area contributed by atoms with E-state index in [2.05, 4.69) is 34.9 Å². The lowest BCUT2D eigenvalue weighted by Gasteiger charge is -2.23. The molecular formula is C55H61Cl2N3O7S2. The zero-order valence-corrected chi connectivity index (χ0v) is 42.9. The Morgan fingerprint density at radius 3 is 1.30 bits per heavy atom. The van der Waals surface area contributed by atoms with Crippen LogP contribution < -0.4 is 16.4 Å². The Morgan fingerprint density at radius 2 is 0.913 bits per heavy atom. The van der Waals surface area contributed by atoms with Gasteiger partial charge in [0.25, 0.3) is 0 Å². The summed E-state index contributed by atoms with van der Waals surface area (Å²) in [5.41, 5.74) is 10.2. The molecule has 2 atom stereocenters. The van der Waals surface area contributed by atoms with Gasteiger partial charge in [-0.1, -0.05) is 151 Å². The van der Waals surface area contributed by atoms with Crippen molar-refractivity contribution in [3.63, 3.8) is 0 Å². The molecule has 10 nitrogen and oxygen atoms in total. The molecule has 0 radical (unpaired) electrons. The van der Waals surface area contributed by atoms with Crippen LogP contribution in [0.3, 0.4) is 0 Å². The van der Waals surface area contributed by atoms with Gasteiger partial charge in [-0.2, -0.15) is 0 Å². The highest BCUT2D eigenvalue weighted by molar-refractivity contribution is 7.98. The molecule has 0 aromatic heterocycles. The molecule has 0 saturated carbocycles. The zero-order valence-electron chi connectivity index (χ0n) is 39.7. The molecular weight excluding hydrogens is 950 g/mol.